The summed E-state index contributed by atoms with van der Waals surface area (Å²) in [5.41, 5.74) is 1.72. The van der Waals surface area contributed by atoms with Crippen molar-refractivity contribution in [3.05, 3.63) is 53.7 Å². The smallest absolute Gasteiger partial charge is 0.256 e. The first-order valence-corrected chi connectivity index (χ1v) is 6.15. The second kappa shape index (κ2) is 5.54. The molecule has 0 saturated heterocycles. The molecule has 0 saturated carbocycles. The van der Waals surface area contributed by atoms with Gasteiger partial charge in [-0.05, 0) is 29.8 Å². The van der Waals surface area contributed by atoms with Crippen LogP contribution >= 0.6 is 15.9 Å². The van der Waals surface area contributed by atoms with Crippen LogP contribution in [0.3, 0.4) is 0 Å². The molecule has 17 heavy (non-hydrogen) atoms. The Morgan fingerprint density at radius 2 is 2.00 bits per heavy atom. The molecule has 1 heterocycles. The molecule has 0 unspecified atom stereocenters. The first kappa shape index (κ1) is 11.7. The van der Waals surface area contributed by atoms with Crippen LogP contribution in [0.15, 0.2) is 42.6 Å². The van der Waals surface area contributed by atoms with Crippen molar-refractivity contribution in [1.29, 1.82) is 0 Å². The van der Waals surface area contributed by atoms with Crippen LogP contribution in [0.4, 0.5) is 5.82 Å². The quantitative estimate of drug-likeness (QED) is 0.885. The van der Waals surface area contributed by atoms with Gasteiger partial charge in [-0.25, -0.2) is 0 Å². The predicted octanol–water partition coefficient (Wildman–Crippen LogP) is 2.62. The molecule has 0 fully saturated rings. The number of nitrogens with zero attached hydrogens (tertiary/aromatic N) is 2. The van der Waals surface area contributed by atoms with Crippen LogP contribution in [-0.4, -0.2) is 16.1 Å². The van der Waals surface area contributed by atoms with Crippen LogP contribution in [0.1, 0.15) is 15.9 Å². The van der Waals surface area contributed by atoms with Crippen LogP contribution in [0.2, 0.25) is 0 Å². The summed E-state index contributed by atoms with van der Waals surface area (Å²) in [5.74, 6) is 0.258. The van der Waals surface area contributed by atoms with Crippen LogP contribution in [0, 0.1) is 0 Å². The molecule has 86 valence electrons. The van der Waals surface area contributed by atoms with E-state index in [9.17, 15) is 4.79 Å². The van der Waals surface area contributed by atoms with Gasteiger partial charge in [-0.15, -0.1) is 5.10 Å². The van der Waals surface area contributed by atoms with E-state index in [0.29, 0.717) is 11.4 Å². The van der Waals surface area contributed by atoms with E-state index in [1.54, 1.807) is 30.5 Å². The maximum absolute atomic E-state index is 11.8. The lowest BCUT2D eigenvalue weighted by Crippen LogP contribution is -2.13. The van der Waals surface area contributed by atoms with Crippen molar-refractivity contribution in [2.24, 2.45) is 0 Å². The molecule has 2 aromatic rings. The van der Waals surface area contributed by atoms with Gasteiger partial charge in [-0.3, -0.25) is 4.79 Å². The van der Waals surface area contributed by atoms with Gasteiger partial charge in [0, 0.05) is 17.1 Å². The summed E-state index contributed by atoms with van der Waals surface area (Å²) >= 11 is 3.35. The molecule has 0 spiro atoms. The maximum Gasteiger partial charge on any atom is 0.256 e. The van der Waals surface area contributed by atoms with Gasteiger partial charge in [0.05, 0.1) is 0 Å². The summed E-state index contributed by atoms with van der Waals surface area (Å²) in [6.45, 7) is 0. The Kier molecular flexibility index (Phi) is 3.82. The number of nitrogens with one attached hydrogen (secondary N) is 1. The van der Waals surface area contributed by atoms with E-state index in [-0.39, 0.29) is 5.91 Å². The van der Waals surface area contributed by atoms with Gasteiger partial charge in [0.1, 0.15) is 0 Å². The summed E-state index contributed by atoms with van der Waals surface area (Å²) in [6, 6.07) is 10.8. The van der Waals surface area contributed by atoms with E-state index in [4.69, 9.17) is 0 Å². The fraction of sp³-hybridized carbons (Fsp3) is 0.0833. The third-order valence-corrected chi connectivity index (χ3v) is 2.83. The number of alkyl halides is 1. The number of aromatic nitrogens is 2. The third-order valence-electron chi connectivity index (χ3n) is 2.18. The number of rotatable bonds is 3. The van der Waals surface area contributed by atoms with Crippen LogP contribution < -0.4 is 5.32 Å². The molecule has 1 aromatic heterocycles. The van der Waals surface area contributed by atoms with E-state index in [0.717, 1.165) is 10.9 Å². The molecule has 0 aliphatic carbocycles. The molecule has 0 bridgehead atoms. The van der Waals surface area contributed by atoms with E-state index >= 15 is 0 Å². The lowest BCUT2D eigenvalue weighted by Gasteiger charge is -2.03. The monoisotopic (exact) mass is 291 g/mol. The summed E-state index contributed by atoms with van der Waals surface area (Å²) < 4.78 is 0. The number of halogens is 1. The first-order valence-electron chi connectivity index (χ1n) is 5.03. The molecule has 5 heteroatoms. The summed E-state index contributed by atoms with van der Waals surface area (Å²) in [7, 11) is 0. The molecule has 4 nitrogen and oxygen atoms in total. The predicted molar refractivity (Wildman–Crippen MR) is 69.1 cm³/mol. The van der Waals surface area contributed by atoms with Crippen molar-refractivity contribution in [3.63, 3.8) is 0 Å². The third kappa shape index (κ3) is 3.10. The standard InChI is InChI=1S/C12H10BrN3O/c13-8-9-3-5-10(6-4-9)12(17)15-11-2-1-7-14-16-11/h1-7H,8H2,(H,15,16,17). The minimum atomic E-state index is -0.188. The first-order chi connectivity index (χ1) is 8.29. The number of benzene rings is 1. The number of carbonyl (C=O) groups is 1. The summed E-state index contributed by atoms with van der Waals surface area (Å²) in [4.78, 5) is 11.8. The van der Waals surface area contributed by atoms with Gasteiger partial charge in [-0.1, -0.05) is 28.1 Å². The van der Waals surface area contributed by atoms with Crippen molar-refractivity contribution >= 4 is 27.7 Å². The summed E-state index contributed by atoms with van der Waals surface area (Å²) in [6.07, 6.45) is 1.56. The number of amides is 1. The minimum Gasteiger partial charge on any atom is -0.305 e. The Labute approximate surface area is 107 Å². The number of hydrogen-bond acceptors (Lipinski definition) is 3. The number of carbonyl (C=O) groups excluding carboxylic acids is 1. The van der Waals surface area contributed by atoms with Crippen molar-refractivity contribution in [2.75, 3.05) is 5.32 Å². The molecule has 1 amide bonds. The Morgan fingerprint density at radius 3 is 2.59 bits per heavy atom. The molecule has 0 radical (unpaired) electrons. The summed E-state index contributed by atoms with van der Waals surface area (Å²) in [5, 5.41) is 10.9. The van der Waals surface area contributed by atoms with Gasteiger partial charge in [0.15, 0.2) is 5.82 Å². The fourth-order valence-corrected chi connectivity index (χ4v) is 1.68. The van der Waals surface area contributed by atoms with Gasteiger partial charge in [0.2, 0.25) is 0 Å². The Balaban J connectivity index is 2.09. The Hall–Kier alpha value is -1.75. The zero-order valence-electron chi connectivity index (χ0n) is 8.93. The van der Waals surface area contributed by atoms with Crippen molar-refractivity contribution in [2.45, 2.75) is 5.33 Å². The second-order valence-corrected chi connectivity index (χ2v) is 3.95. The van der Waals surface area contributed by atoms with Gasteiger partial charge in [-0.2, -0.15) is 5.10 Å². The van der Waals surface area contributed by atoms with E-state index in [2.05, 4.69) is 31.4 Å². The zero-order valence-corrected chi connectivity index (χ0v) is 10.5. The molecule has 1 aromatic carbocycles. The average molecular weight is 292 g/mol. The van der Waals surface area contributed by atoms with Crippen LogP contribution in [-0.2, 0) is 5.33 Å². The van der Waals surface area contributed by atoms with Gasteiger partial charge in [0.25, 0.3) is 5.91 Å². The second-order valence-electron chi connectivity index (χ2n) is 3.39. The van der Waals surface area contributed by atoms with Crippen LogP contribution in [0.25, 0.3) is 0 Å². The fourth-order valence-electron chi connectivity index (χ4n) is 1.30. The molecule has 1 N–H and O–H groups in total. The molecular formula is C12H10BrN3O. The maximum atomic E-state index is 11.8. The number of hydrogen-bond donors (Lipinski definition) is 1. The van der Waals surface area contributed by atoms with E-state index in [1.165, 1.54) is 0 Å². The SMILES string of the molecule is O=C(Nc1cccnn1)c1ccc(CBr)cc1. The highest BCUT2D eigenvalue weighted by Gasteiger charge is 2.06. The lowest BCUT2D eigenvalue weighted by atomic mass is 10.1. The molecule has 0 aliphatic heterocycles. The molecule has 2 rings (SSSR count). The molecular weight excluding hydrogens is 282 g/mol. The highest BCUT2D eigenvalue weighted by Crippen LogP contribution is 2.09. The Morgan fingerprint density at radius 1 is 1.24 bits per heavy atom. The normalized spacial score (nSPS) is 9.94. The van der Waals surface area contributed by atoms with E-state index in [1.807, 2.05) is 12.1 Å². The van der Waals surface area contributed by atoms with E-state index < -0.39 is 0 Å². The van der Waals surface area contributed by atoms with Crippen molar-refractivity contribution in [3.8, 4) is 0 Å². The molecule has 0 aliphatic rings. The lowest BCUT2D eigenvalue weighted by molar-refractivity contribution is 0.102. The minimum absolute atomic E-state index is 0.188. The average Bonchev–Trinajstić information content (AvgIpc) is 2.40. The Bertz CT molecular complexity index is 499. The van der Waals surface area contributed by atoms with Gasteiger partial charge < -0.3 is 5.32 Å². The molecule has 0 atom stereocenters. The van der Waals surface area contributed by atoms with Gasteiger partial charge >= 0.3 is 0 Å². The van der Waals surface area contributed by atoms with Crippen molar-refractivity contribution < 1.29 is 4.79 Å². The highest BCUT2D eigenvalue weighted by molar-refractivity contribution is 9.08. The largest absolute Gasteiger partial charge is 0.305 e. The number of anilines is 1. The van der Waals surface area contributed by atoms with Crippen molar-refractivity contribution in [1.82, 2.24) is 10.2 Å². The van der Waals surface area contributed by atoms with Crippen LogP contribution in [0.5, 0.6) is 0 Å². The zero-order chi connectivity index (χ0) is 12.1. The topological polar surface area (TPSA) is 54.9 Å². The highest BCUT2D eigenvalue weighted by atomic mass is 79.9.